The maximum Gasteiger partial charge on any atom is 0.159 e. The quantitative estimate of drug-likeness (QED) is 0.755. The van der Waals surface area contributed by atoms with Crippen molar-refractivity contribution in [1.82, 2.24) is 0 Å². The summed E-state index contributed by atoms with van der Waals surface area (Å²) in [7, 11) is 1.66. The Morgan fingerprint density at radius 2 is 2.06 bits per heavy atom. The number of carbonyl (C=O) groups excluding carboxylic acids is 1. The van der Waals surface area contributed by atoms with Gasteiger partial charge in [-0.3, -0.25) is 4.79 Å². The average molecular weight is 244 g/mol. The molecular formula is C16H20O2. The van der Waals surface area contributed by atoms with Gasteiger partial charge in [0.25, 0.3) is 0 Å². The standard InChI is InChI=1S/C16H20O2/c1-3-13-5-4-6-16(17)15(13)11-12-7-9-14(18-2)10-8-12/h7-11,13H,3-6H2,1-2H3. The molecule has 1 aliphatic carbocycles. The minimum atomic E-state index is 0.323. The topological polar surface area (TPSA) is 26.3 Å². The zero-order valence-corrected chi connectivity index (χ0v) is 11.1. The van der Waals surface area contributed by atoms with Gasteiger partial charge in [-0.05, 0) is 54.5 Å². The first-order valence-electron chi connectivity index (χ1n) is 6.63. The molecule has 1 fully saturated rings. The SMILES string of the molecule is CCC1CCCC(=O)C1=Cc1ccc(OC)cc1. The van der Waals surface area contributed by atoms with Crippen molar-refractivity contribution in [3.05, 3.63) is 35.4 Å². The van der Waals surface area contributed by atoms with Crippen LogP contribution in [0.15, 0.2) is 29.8 Å². The van der Waals surface area contributed by atoms with Crippen LogP contribution in [0.2, 0.25) is 0 Å². The zero-order valence-electron chi connectivity index (χ0n) is 11.1. The summed E-state index contributed by atoms with van der Waals surface area (Å²) in [6.07, 6.45) is 5.99. The number of methoxy groups -OCH3 is 1. The Kier molecular flexibility index (Phi) is 4.19. The lowest BCUT2D eigenvalue weighted by Gasteiger charge is -2.23. The Morgan fingerprint density at radius 3 is 2.67 bits per heavy atom. The third-order valence-corrected chi connectivity index (χ3v) is 3.65. The lowest BCUT2D eigenvalue weighted by Crippen LogP contribution is -2.18. The van der Waals surface area contributed by atoms with E-state index in [1.54, 1.807) is 7.11 Å². The Bertz CT molecular complexity index is 443. The zero-order chi connectivity index (χ0) is 13.0. The van der Waals surface area contributed by atoms with Crippen LogP contribution < -0.4 is 4.74 Å². The number of Topliss-reactive ketones (excluding diaryl/α,β-unsaturated/α-hetero) is 1. The number of hydrogen-bond donors (Lipinski definition) is 0. The molecule has 1 unspecified atom stereocenters. The van der Waals surface area contributed by atoms with Crippen LogP contribution >= 0.6 is 0 Å². The van der Waals surface area contributed by atoms with Gasteiger partial charge in [0.2, 0.25) is 0 Å². The van der Waals surface area contributed by atoms with Gasteiger partial charge in [0.05, 0.1) is 7.11 Å². The molecule has 0 amide bonds. The van der Waals surface area contributed by atoms with E-state index in [1.165, 1.54) is 0 Å². The van der Waals surface area contributed by atoms with E-state index >= 15 is 0 Å². The molecule has 1 saturated carbocycles. The van der Waals surface area contributed by atoms with Gasteiger partial charge in [0.15, 0.2) is 5.78 Å². The molecule has 2 heteroatoms. The third-order valence-electron chi connectivity index (χ3n) is 3.65. The molecule has 0 heterocycles. The van der Waals surface area contributed by atoms with Crippen molar-refractivity contribution in [3.8, 4) is 5.75 Å². The number of allylic oxidation sites excluding steroid dienone is 1. The number of rotatable bonds is 3. The Morgan fingerprint density at radius 1 is 1.33 bits per heavy atom. The van der Waals surface area contributed by atoms with Gasteiger partial charge in [-0.1, -0.05) is 19.1 Å². The number of benzene rings is 1. The summed E-state index contributed by atoms with van der Waals surface area (Å²) < 4.78 is 5.13. The summed E-state index contributed by atoms with van der Waals surface area (Å²) in [6, 6.07) is 7.86. The smallest absolute Gasteiger partial charge is 0.159 e. The monoisotopic (exact) mass is 244 g/mol. The number of ether oxygens (including phenoxy) is 1. The molecule has 0 spiro atoms. The van der Waals surface area contributed by atoms with E-state index in [4.69, 9.17) is 4.74 Å². The highest BCUT2D eigenvalue weighted by atomic mass is 16.5. The van der Waals surface area contributed by atoms with Gasteiger partial charge in [0, 0.05) is 6.42 Å². The second-order valence-corrected chi connectivity index (χ2v) is 4.79. The molecule has 1 atom stereocenters. The van der Waals surface area contributed by atoms with Crippen molar-refractivity contribution < 1.29 is 9.53 Å². The number of hydrogen-bond acceptors (Lipinski definition) is 2. The molecule has 0 bridgehead atoms. The fourth-order valence-electron chi connectivity index (χ4n) is 2.54. The fourth-order valence-corrected chi connectivity index (χ4v) is 2.54. The molecule has 2 nitrogen and oxygen atoms in total. The van der Waals surface area contributed by atoms with Crippen molar-refractivity contribution in [2.24, 2.45) is 5.92 Å². The van der Waals surface area contributed by atoms with Crippen LogP contribution in [0.5, 0.6) is 5.75 Å². The molecule has 0 aliphatic heterocycles. The first kappa shape index (κ1) is 12.9. The van der Waals surface area contributed by atoms with E-state index in [2.05, 4.69) is 13.0 Å². The normalized spacial score (nSPS) is 22.2. The van der Waals surface area contributed by atoms with E-state index in [9.17, 15) is 4.79 Å². The molecule has 96 valence electrons. The van der Waals surface area contributed by atoms with Crippen LogP contribution in [0, 0.1) is 5.92 Å². The van der Waals surface area contributed by atoms with Crippen LogP contribution in [-0.2, 0) is 4.79 Å². The molecule has 1 aliphatic rings. The van der Waals surface area contributed by atoms with Gasteiger partial charge in [0.1, 0.15) is 5.75 Å². The summed E-state index contributed by atoms with van der Waals surface area (Å²) in [5.74, 6) is 1.61. The minimum absolute atomic E-state index is 0.323. The maximum atomic E-state index is 12.0. The van der Waals surface area contributed by atoms with Crippen molar-refractivity contribution in [3.63, 3.8) is 0 Å². The van der Waals surface area contributed by atoms with Crippen LogP contribution in [0.25, 0.3) is 6.08 Å². The van der Waals surface area contributed by atoms with E-state index in [0.717, 1.165) is 36.1 Å². The van der Waals surface area contributed by atoms with Gasteiger partial charge in [-0.25, -0.2) is 0 Å². The minimum Gasteiger partial charge on any atom is -0.497 e. The lowest BCUT2D eigenvalue weighted by molar-refractivity contribution is -0.117. The van der Waals surface area contributed by atoms with Crippen molar-refractivity contribution >= 4 is 11.9 Å². The molecule has 1 aromatic rings. The van der Waals surface area contributed by atoms with Gasteiger partial charge in [-0.2, -0.15) is 0 Å². The Labute approximate surface area is 109 Å². The molecule has 0 N–H and O–H groups in total. The summed E-state index contributed by atoms with van der Waals surface area (Å²) in [5, 5.41) is 0. The summed E-state index contributed by atoms with van der Waals surface area (Å²) in [4.78, 5) is 12.0. The maximum absolute atomic E-state index is 12.0. The van der Waals surface area contributed by atoms with Gasteiger partial charge in [-0.15, -0.1) is 0 Å². The number of ketones is 1. The van der Waals surface area contributed by atoms with Crippen LogP contribution in [0.3, 0.4) is 0 Å². The molecular weight excluding hydrogens is 224 g/mol. The van der Waals surface area contributed by atoms with Crippen LogP contribution in [-0.4, -0.2) is 12.9 Å². The van der Waals surface area contributed by atoms with E-state index in [1.807, 2.05) is 24.3 Å². The van der Waals surface area contributed by atoms with Gasteiger partial charge < -0.3 is 4.74 Å². The van der Waals surface area contributed by atoms with E-state index in [-0.39, 0.29) is 0 Å². The molecule has 2 rings (SSSR count). The van der Waals surface area contributed by atoms with Gasteiger partial charge >= 0.3 is 0 Å². The number of carbonyl (C=O) groups is 1. The fraction of sp³-hybridized carbons (Fsp3) is 0.438. The first-order valence-corrected chi connectivity index (χ1v) is 6.63. The van der Waals surface area contributed by atoms with Crippen molar-refractivity contribution in [2.75, 3.05) is 7.11 Å². The highest BCUT2D eigenvalue weighted by molar-refractivity contribution is 6.00. The largest absolute Gasteiger partial charge is 0.497 e. The Hall–Kier alpha value is -1.57. The Balaban J connectivity index is 2.25. The van der Waals surface area contributed by atoms with Crippen molar-refractivity contribution in [1.29, 1.82) is 0 Å². The second kappa shape index (κ2) is 5.85. The van der Waals surface area contributed by atoms with Crippen LogP contribution in [0.4, 0.5) is 0 Å². The molecule has 0 aromatic heterocycles. The van der Waals surface area contributed by atoms with Crippen molar-refractivity contribution in [2.45, 2.75) is 32.6 Å². The predicted molar refractivity (Wildman–Crippen MR) is 73.6 cm³/mol. The van der Waals surface area contributed by atoms with Crippen LogP contribution in [0.1, 0.15) is 38.2 Å². The molecule has 0 radical (unpaired) electrons. The predicted octanol–water partition coefficient (Wildman–Crippen LogP) is 3.86. The highest BCUT2D eigenvalue weighted by Gasteiger charge is 2.23. The van der Waals surface area contributed by atoms with E-state index in [0.29, 0.717) is 18.1 Å². The molecule has 0 saturated heterocycles. The summed E-state index contributed by atoms with van der Waals surface area (Å²) in [6.45, 7) is 2.16. The molecule has 1 aromatic carbocycles. The molecule has 18 heavy (non-hydrogen) atoms. The second-order valence-electron chi connectivity index (χ2n) is 4.79. The lowest BCUT2D eigenvalue weighted by atomic mass is 9.81. The highest BCUT2D eigenvalue weighted by Crippen LogP contribution is 2.30. The first-order chi connectivity index (χ1) is 8.74. The summed E-state index contributed by atoms with van der Waals surface area (Å²) >= 11 is 0. The summed E-state index contributed by atoms with van der Waals surface area (Å²) in [5.41, 5.74) is 2.09. The van der Waals surface area contributed by atoms with E-state index < -0.39 is 0 Å². The average Bonchev–Trinajstić information content (AvgIpc) is 2.42. The third kappa shape index (κ3) is 2.81.